The lowest BCUT2D eigenvalue weighted by Crippen LogP contribution is -2.38. The quantitative estimate of drug-likeness (QED) is 0.592. The average molecular weight is 397 g/mol. The Kier molecular flexibility index (Phi) is 5.38. The predicted molar refractivity (Wildman–Crippen MR) is 114 cm³/mol. The van der Waals surface area contributed by atoms with Gasteiger partial charge in [-0.05, 0) is 42.5 Å². The number of fused-ring (bicyclic) bond motifs is 1. The van der Waals surface area contributed by atoms with Gasteiger partial charge >= 0.3 is 0 Å². The van der Waals surface area contributed by atoms with E-state index in [0.29, 0.717) is 23.4 Å². The number of phenolic OH excluding ortho intramolecular Hbond substituents is 1. The number of anilines is 2. The Labute approximate surface area is 170 Å². The number of nitrogens with zero attached hydrogens (tertiary/aromatic N) is 3. The van der Waals surface area contributed by atoms with Crippen molar-refractivity contribution in [1.82, 2.24) is 14.9 Å². The molecule has 1 saturated heterocycles. The number of piperidine rings is 1. The highest BCUT2D eigenvalue weighted by Gasteiger charge is 2.23. The number of aromatic hydroxyl groups is 1. The number of halogens is 1. The molecule has 2 aromatic carbocycles. The molecule has 0 radical (unpaired) electrons. The second-order valence-corrected chi connectivity index (χ2v) is 8.38. The third kappa shape index (κ3) is 4.05. The third-order valence-electron chi connectivity index (χ3n) is 5.29. The molecule has 1 aromatic heterocycles. The molecule has 1 aliphatic rings. The van der Waals surface area contributed by atoms with Crippen LogP contribution in [0.15, 0.2) is 42.7 Å². The monoisotopic (exact) mass is 396 g/mol. The number of benzene rings is 2. The number of hydrogen-bond donors (Lipinski definition) is 2. The maximum absolute atomic E-state index is 10.5. The molecule has 1 fully saturated rings. The van der Waals surface area contributed by atoms with Crippen molar-refractivity contribution in [2.45, 2.75) is 26.8 Å². The number of likely N-dealkylation sites (tertiary alicyclic amines) is 1. The van der Waals surface area contributed by atoms with E-state index in [4.69, 9.17) is 11.6 Å². The van der Waals surface area contributed by atoms with Crippen LogP contribution in [-0.4, -0.2) is 33.1 Å². The number of nitrogens with one attached hydrogen (secondary N) is 1. The molecule has 2 atom stereocenters. The summed E-state index contributed by atoms with van der Waals surface area (Å²) in [5.41, 5.74) is 2.51. The van der Waals surface area contributed by atoms with Gasteiger partial charge in [0.15, 0.2) is 0 Å². The van der Waals surface area contributed by atoms with Crippen molar-refractivity contribution < 1.29 is 5.11 Å². The fourth-order valence-electron chi connectivity index (χ4n) is 4.25. The molecule has 4 rings (SSSR count). The molecule has 6 heteroatoms. The van der Waals surface area contributed by atoms with Crippen LogP contribution in [0.3, 0.4) is 0 Å². The zero-order valence-electron chi connectivity index (χ0n) is 16.2. The molecule has 0 unspecified atom stereocenters. The normalized spacial score (nSPS) is 20.4. The van der Waals surface area contributed by atoms with Gasteiger partial charge in [0.25, 0.3) is 0 Å². The minimum Gasteiger partial charge on any atom is -0.506 e. The van der Waals surface area contributed by atoms with E-state index in [1.165, 1.54) is 6.42 Å². The summed E-state index contributed by atoms with van der Waals surface area (Å²) < 4.78 is 0. The first-order chi connectivity index (χ1) is 13.5. The lowest BCUT2D eigenvalue weighted by Gasteiger charge is -2.35. The highest BCUT2D eigenvalue weighted by atomic mass is 35.5. The first kappa shape index (κ1) is 19.0. The standard InChI is InChI=1S/C22H25ClN4O/c1-14-7-15(2)11-27(10-14)12-16-8-17(9-19(23)21(16)28)26-22-18-5-3-4-6-20(18)24-13-25-22/h3-6,8-9,13-15,28H,7,10-12H2,1-2H3,(H,24,25,26)/t14-,15-/m0/s1. The Morgan fingerprint density at radius 1 is 1.14 bits per heavy atom. The lowest BCUT2D eigenvalue weighted by molar-refractivity contribution is 0.133. The first-order valence-corrected chi connectivity index (χ1v) is 10.1. The molecule has 5 nitrogen and oxygen atoms in total. The van der Waals surface area contributed by atoms with Crippen LogP contribution in [0.5, 0.6) is 5.75 Å². The SMILES string of the molecule is C[C@H]1C[C@H](C)CN(Cc2cc(Nc3ncnc4ccccc34)cc(Cl)c2O)C1. The number of rotatable bonds is 4. The summed E-state index contributed by atoms with van der Waals surface area (Å²) in [7, 11) is 0. The van der Waals surface area contributed by atoms with E-state index in [9.17, 15) is 5.11 Å². The largest absolute Gasteiger partial charge is 0.506 e. The summed E-state index contributed by atoms with van der Waals surface area (Å²) in [5, 5.41) is 15.1. The van der Waals surface area contributed by atoms with Gasteiger partial charge in [0, 0.05) is 36.3 Å². The summed E-state index contributed by atoms with van der Waals surface area (Å²) in [6.45, 7) is 7.33. The van der Waals surface area contributed by atoms with Crippen molar-refractivity contribution in [3.05, 3.63) is 53.3 Å². The summed E-state index contributed by atoms with van der Waals surface area (Å²) in [6, 6.07) is 11.5. The second-order valence-electron chi connectivity index (χ2n) is 7.97. The zero-order valence-corrected chi connectivity index (χ0v) is 16.9. The van der Waals surface area contributed by atoms with Crippen LogP contribution < -0.4 is 5.32 Å². The van der Waals surface area contributed by atoms with Gasteiger partial charge in [-0.2, -0.15) is 0 Å². The Hall–Kier alpha value is -2.37. The van der Waals surface area contributed by atoms with Gasteiger partial charge in [0.2, 0.25) is 0 Å². The van der Waals surface area contributed by atoms with Gasteiger partial charge in [0.05, 0.1) is 10.5 Å². The van der Waals surface area contributed by atoms with Crippen LogP contribution in [0.4, 0.5) is 11.5 Å². The van der Waals surface area contributed by atoms with Crippen LogP contribution in [0.25, 0.3) is 10.9 Å². The molecule has 0 saturated carbocycles. The average Bonchev–Trinajstić information content (AvgIpc) is 2.65. The summed E-state index contributed by atoms with van der Waals surface area (Å²) in [5.74, 6) is 2.20. The fraction of sp³-hybridized carbons (Fsp3) is 0.364. The molecule has 1 aliphatic heterocycles. The maximum Gasteiger partial charge on any atom is 0.141 e. The molecule has 0 amide bonds. The van der Waals surface area contributed by atoms with Crippen LogP contribution in [-0.2, 0) is 6.54 Å². The minimum absolute atomic E-state index is 0.158. The smallest absolute Gasteiger partial charge is 0.141 e. The van der Waals surface area contributed by atoms with Gasteiger partial charge in [-0.25, -0.2) is 9.97 Å². The van der Waals surface area contributed by atoms with E-state index >= 15 is 0 Å². The zero-order chi connectivity index (χ0) is 19.7. The molecule has 2 N–H and O–H groups in total. The molecule has 2 heterocycles. The summed E-state index contributed by atoms with van der Waals surface area (Å²) in [6.07, 6.45) is 2.80. The van der Waals surface area contributed by atoms with E-state index in [-0.39, 0.29) is 5.75 Å². The van der Waals surface area contributed by atoms with Gasteiger partial charge in [0.1, 0.15) is 17.9 Å². The van der Waals surface area contributed by atoms with E-state index in [2.05, 4.69) is 34.0 Å². The van der Waals surface area contributed by atoms with Crippen molar-refractivity contribution in [2.75, 3.05) is 18.4 Å². The van der Waals surface area contributed by atoms with Crippen LogP contribution in [0.1, 0.15) is 25.8 Å². The van der Waals surface area contributed by atoms with Crippen molar-refractivity contribution in [3.8, 4) is 5.75 Å². The molecule has 3 aromatic rings. The Morgan fingerprint density at radius 3 is 2.68 bits per heavy atom. The van der Waals surface area contributed by atoms with Crippen molar-refractivity contribution in [1.29, 1.82) is 0 Å². The van der Waals surface area contributed by atoms with Crippen LogP contribution in [0.2, 0.25) is 5.02 Å². The van der Waals surface area contributed by atoms with Crippen molar-refractivity contribution in [3.63, 3.8) is 0 Å². The summed E-state index contributed by atoms with van der Waals surface area (Å²) in [4.78, 5) is 11.1. The lowest BCUT2D eigenvalue weighted by atomic mass is 9.91. The van der Waals surface area contributed by atoms with Crippen molar-refractivity contribution in [2.24, 2.45) is 11.8 Å². The predicted octanol–water partition coefficient (Wildman–Crippen LogP) is 5.21. The third-order valence-corrected chi connectivity index (χ3v) is 5.57. The maximum atomic E-state index is 10.5. The number of phenols is 1. The van der Waals surface area contributed by atoms with Crippen LogP contribution >= 0.6 is 11.6 Å². The summed E-state index contributed by atoms with van der Waals surface area (Å²) >= 11 is 6.34. The van der Waals surface area contributed by atoms with Gasteiger partial charge in [-0.3, -0.25) is 4.90 Å². The second kappa shape index (κ2) is 7.94. The fourth-order valence-corrected chi connectivity index (χ4v) is 4.49. The van der Waals surface area contributed by atoms with Crippen molar-refractivity contribution >= 4 is 34.0 Å². The highest BCUT2D eigenvalue weighted by molar-refractivity contribution is 6.32. The van der Waals surface area contributed by atoms with Crippen LogP contribution in [0, 0.1) is 11.8 Å². The van der Waals surface area contributed by atoms with E-state index in [0.717, 1.165) is 41.1 Å². The Morgan fingerprint density at radius 2 is 1.89 bits per heavy atom. The minimum atomic E-state index is 0.158. The molecular formula is C22H25ClN4O. The number of hydrogen-bond acceptors (Lipinski definition) is 5. The van der Waals surface area contributed by atoms with Gasteiger partial charge < -0.3 is 10.4 Å². The molecule has 146 valence electrons. The Bertz CT molecular complexity index is 978. The molecule has 28 heavy (non-hydrogen) atoms. The van der Waals surface area contributed by atoms with E-state index in [1.807, 2.05) is 30.3 Å². The molecular weight excluding hydrogens is 372 g/mol. The Balaban J connectivity index is 1.62. The van der Waals surface area contributed by atoms with Gasteiger partial charge in [-0.1, -0.05) is 37.6 Å². The van der Waals surface area contributed by atoms with Gasteiger partial charge in [-0.15, -0.1) is 0 Å². The number of aromatic nitrogens is 2. The number of para-hydroxylation sites is 1. The van der Waals surface area contributed by atoms with E-state index < -0.39 is 0 Å². The highest BCUT2D eigenvalue weighted by Crippen LogP contribution is 2.35. The molecule has 0 spiro atoms. The molecule has 0 aliphatic carbocycles. The molecule has 0 bridgehead atoms. The van der Waals surface area contributed by atoms with E-state index in [1.54, 1.807) is 12.4 Å². The first-order valence-electron chi connectivity index (χ1n) is 9.70. The topological polar surface area (TPSA) is 61.3 Å².